The molecule has 0 bridgehead atoms. The predicted molar refractivity (Wildman–Crippen MR) is 106 cm³/mol. The molecule has 2 heterocycles. The molecule has 0 unspecified atom stereocenters. The zero-order chi connectivity index (χ0) is 19.7. The molecule has 28 heavy (non-hydrogen) atoms. The van der Waals surface area contributed by atoms with Crippen molar-refractivity contribution >= 4 is 41.2 Å². The first-order valence-electron chi connectivity index (χ1n) is 8.44. The second-order valence-electron chi connectivity index (χ2n) is 6.07. The molecule has 1 aromatic heterocycles. The van der Waals surface area contributed by atoms with Crippen LogP contribution in [0.15, 0.2) is 78.5 Å². The zero-order valence-electron chi connectivity index (χ0n) is 14.5. The smallest absolute Gasteiger partial charge is 0.317 e. The minimum Gasteiger partial charge on any atom is -0.317 e. The highest BCUT2D eigenvalue weighted by Crippen LogP contribution is 2.24. The van der Waals surface area contributed by atoms with Gasteiger partial charge in [0.2, 0.25) is 0 Å². The fourth-order valence-electron chi connectivity index (χ4n) is 2.97. The van der Waals surface area contributed by atoms with Crippen LogP contribution < -0.4 is 10.2 Å². The summed E-state index contributed by atoms with van der Waals surface area (Å²) in [6.45, 7) is 0. The monoisotopic (exact) mass is 391 g/mol. The Bertz CT molecular complexity index is 1100. The molecule has 1 aliphatic heterocycles. The van der Waals surface area contributed by atoms with Crippen LogP contribution in [-0.4, -0.2) is 22.4 Å². The molecule has 0 spiro atoms. The number of hydrogen-bond acceptors (Lipinski definition) is 3. The maximum atomic E-state index is 12.9. The van der Waals surface area contributed by atoms with Crippen LogP contribution >= 0.6 is 11.6 Å². The number of halogens is 1. The summed E-state index contributed by atoms with van der Waals surface area (Å²) < 4.78 is 1.84. The van der Waals surface area contributed by atoms with E-state index in [0.717, 1.165) is 10.6 Å². The van der Waals surface area contributed by atoms with Gasteiger partial charge in [-0.2, -0.15) is 0 Å². The number of hydrogen-bond donors (Lipinski definition) is 1. The fourth-order valence-corrected chi connectivity index (χ4v) is 3.09. The van der Waals surface area contributed by atoms with Gasteiger partial charge in [-0.05, 0) is 54.6 Å². The number of nitrogens with zero attached hydrogens (tertiary/aromatic N) is 2. The highest BCUT2D eigenvalue weighted by Gasteiger charge is 2.36. The molecule has 2 aromatic carbocycles. The summed E-state index contributed by atoms with van der Waals surface area (Å²) in [5.74, 6) is -1.43. The normalized spacial score (nSPS) is 15.8. The molecule has 6 nitrogen and oxygen atoms in total. The third-order valence-electron chi connectivity index (χ3n) is 4.29. The van der Waals surface area contributed by atoms with Crippen LogP contribution in [0, 0.1) is 0 Å². The summed E-state index contributed by atoms with van der Waals surface area (Å²) in [6, 6.07) is 18.5. The summed E-state index contributed by atoms with van der Waals surface area (Å²) in [5, 5.41) is 2.68. The van der Waals surface area contributed by atoms with Crippen LogP contribution in [0.1, 0.15) is 5.69 Å². The second-order valence-corrected chi connectivity index (χ2v) is 6.51. The van der Waals surface area contributed by atoms with Crippen molar-refractivity contribution in [2.45, 2.75) is 0 Å². The van der Waals surface area contributed by atoms with E-state index in [-0.39, 0.29) is 5.57 Å². The lowest BCUT2D eigenvalue weighted by Gasteiger charge is -2.26. The number of carbonyl (C=O) groups is 3. The number of barbiturate groups is 1. The van der Waals surface area contributed by atoms with E-state index in [2.05, 4.69) is 5.32 Å². The molecule has 0 atom stereocenters. The van der Waals surface area contributed by atoms with E-state index in [1.807, 2.05) is 47.2 Å². The van der Waals surface area contributed by atoms with E-state index >= 15 is 0 Å². The topological polar surface area (TPSA) is 71.4 Å². The summed E-state index contributed by atoms with van der Waals surface area (Å²) in [6.07, 6.45) is 3.30. The van der Waals surface area contributed by atoms with Gasteiger partial charge in [-0.15, -0.1) is 0 Å². The second kappa shape index (κ2) is 7.17. The SMILES string of the molecule is O=C1NC(=O)N(c2ccc(Cl)cc2)C(=O)/C1=C/c1cccn1-c1ccccc1. The minimum atomic E-state index is -0.798. The van der Waals surface area contributed by atoms with Gasteiger partial charge in [0, 0.05) is 22.6 Å². The lowest BCUT2D eigenvalue weighted by Crippen LogP contribution is -2.54. The Kier molecular flexibility index (Phi) is 4.55. The van der Waals surface area contributed by atoms with Crippen molar-refractivity contribution in [3.8, 4) is 5.69 Å². The number of amides is 4. The standard InChI is InChI=1S/C21H14ClN3O3/c22-14-8-10-16(11-9-14)25-20(27)18(19(26)23-21(25)28)13-17-7-4-12-24(17)15-5-2-1-3-6-15/h1-13H,(H,23,26,28)/b18-13+. The molecule has 7 heteroatoms. The number of carbonyl (C=O) groups excluding carboxylic acids is 3. The third-order valence-corrected chi connectivity index (χ3v) is 4.55. The summed E-state index contributed by atoms with van der Waals surface area (Å²) >= 11 is 5.87. The third kappa shape index (κ3) is 3.21. The Morgan fingerprint density at radius 3 is 2.25 bits per heavy atom. The van der Waals surface area contributed by atoms with Gasteiger partial charge >= 0.3 is 6.03 Å². The van der Waals surface area contributed by atoms with Crippen LogP contribution in [0.25, 0.3) is 11.8 Å². The summed E-state index contributed by atoms with van der Waals surface area (Å²) in [4.78, 5) is 38.4. The van der Waals surface area contributed by atoms with Crippen molar-refractivity contribution in [1.29, 1.82) is 0 Å². The number of aromatic nitrogens is 1. The molecule has 0 aliphatic carbocycles. The van der Waals surface area contributed by atoms with Crippen molar-refractivity contribution in [3.05, 3.63) is 89.2 Å². The Hall–Kier alpha value is -3.64. The van der Waals surface area contributed by atoms with Crippen molar-refractivity contribution < 1.29 is 14.4 Å². The molecule has 1 fully saturated rings. The van der Waals surface area contributed by atoms with Crippen molar-refractivity contribution in [2.75, 3.05) is 4.90 Å². The average molecular weight is 392 g/mol. The maximum absolute atomic E-state index is 12.9. The Morgan fingerprint density at radius 2 is 1.54 bits per heavy atom. The van der Waals surface area contributed by atoms with Crippen LogP contribution in [-0.2, 0) is 9.59 Å². The Balaban J connectivity index is 1.74. The van der Waals surface area contributed by atoms with Crippen LogP contribution in [0.5, 0.6) is 0 Å². The van der Waals surface area contributed by atoms with E-state index in [1.54, 1.807) is 30.3 Å². The first kappa shape index (κ1) is 17.8. The molecular weight excluding hydrogens is 378 g/mol. The predicted octanol–water partition coefficient (Wildman–Crippen LogP) is 3.80. The number of anilines is 1. The van der Waals surface area contributed by atoms with E-state index in [4.69, 9.17) is 11.6 Å². The minimum absolute atomic E-state index is 0.134. The maximum Gasteiger partial charge on any atom is 0.335 e. The van der Waals surface area contributed by atoms with E-state index in [0.29, 0.717) is 16.4 Å². The quantitative estimate of drug-likeness (QED) is 0.545. The Morgan fingerprint density at radius 1 is 0.821 bits per heavy atom. The Labute approximate surface area is 165 Å². The van der Waals surface area contributed by atoms with Gasteiger partial charge in [0.1, 0.15) is 5.57 Å². The molecule has 3 aromatic rings. The first-order chi connectivity index (χ1) is 13.5. The molecule has 0 radical (unpaired) electrons. The van der Waals surface area contributed by atoms with Gasteiger partial charge in [0.25, 0.3) is 11.8 Å². The van der Waals surface area contributed by atoms with Crippen LogP contribution in [0.2, 0.25) is 5.02 Å². The lowest BCUT2D eigenvalue weighted by molar-refractivity contribution is -0.122. The number of rotatable bonds is 3. The van der Waals surface area contributed by atoms with Crippen LogP contribution in [0.3, 0.4) is 0 Å². The van der Waals surface area contributed by atoms with Crippen molar-refractivity contribution in [1.82, 2.24) is 9.88 Å². The van der Waals surface area contributed by atoms with E-state index < -0.39 is 17.8 Å². The highest BCUT2D eigenvalue weighted by atomic mass is 35.5. The fraction of sp³-hybridized carbons (Fsp3) is 0. The largest absolute Gasteiger partial charge is 0.335 e. The van der Waals surface area contributed by atoms with Crippen molar-refractivity contribution in [2.24, 2.45) is 0 Å². The molecule has 4 amide bonds. The number of nitrogens with one attached hydrogen (secondary N) is 1. The summed E-state index contributed by atoms with van der Waals surface area (Å²) in [7, 11) is 0. The van der Waals surface area contributed by atoms with Gasteiger partial charge in [0.15, 0.2) is 0 Å². The van der Waals surface area contributed by atoms with E-state index in [9.17, 15) is 14.4 Å². The zero-order valence-corrected chi connectivity index (χ0v) is 15.3. The van der Waals surface area contributed by atoms with Gasteiger partial charge < -0.3 is 4.57 Å². The lowest BCUT2D eigenvalue weighted by atomic mass is 10.1. The number of benzene rings is 2. The van der Waals surface area contributed by atoms with Gasteiger partial charge in [-0.3, -0.25) is 14.9 Å². The molecular formula is C21H14ClN3O3. The molecule has 1 aliphatic rings. The molecule has 4 rings (SSSR count). The molecule has 138 valence electrons. The average Bonchev–Trinajstić information content (AvgIpc) is 3.15. The highest BCUT2D eigenvalue weighted by molar-refractivity contribution is 6.39. The molecule has 1 N–H and O–H groups in total. The molecule has 1 saturated heterocycles. The van der Waals surface area contributed by atoms with E-state index in [1.165, 1.54) is 6.08 Å². The number of imide groups is 2. The number of para-hydroxylation sites is 1. The summed E-state index contributed by atoms with van der Waals surface area (Å²) in [5.41, 5.74) is 1.71. The van der Waals surface area contributed by atoms with Gasteiger partial charge in [0.05, 0.1) is 5.69 Å². The van der Waals surface area contributed by atoms with Crippen LogP contribution in [0.4, 0.5) is 10.5 Å². The van der Waals surface area contributed by atoms with Gasteiger partial charge in [-0.1, -0.05) is 29.8 Å². The number of urea groups is 1. The van der Waals surface area contributed by atoms with Gasteiger partial charge in [-0.25, -0.2) is 9.69 Å². The first-order valence-corrected chi connectivity index (χ1v) is 8.82. The molecule has 0 saturated carbocycles. The van der Waals surface area contributed by atoms with Crippen molar-refractivity contribution in [3.63, 3.8) is 0 Å².